The zero-order chi connectivity index (χ0) is 16.9. The number of hydrogen-bond donors (Lipinski definition) is 0. The van der Waals surface area contributed by atoms with Crippen LogP contribution in [-0.2, 0) is 19.0 Å². The Bertz CT molecular complexity index is 600. The highest BCUT2D eigenvalue weighted by Crippen LogP contribution is 2.23. The lowest BCUT2D eigenvalue weighted by Crippen LogP contribution is -2.27. The maximum atomic E-state index is 12.2. The molecule has 0 aromatic heterocycles. The van der Waals surface area contributed by atoms with Crippen molar-refractivity contribution in [2.75, 3.05) is 13.7 Å². The molecule has 0 saturated heterocycles. The fraction of sp³-hybridized carbons (Fsp3) is 0.286. The summed E-state index contributed by atoms with van der Waals surface area (Å²) in [5, 5.41) is 0. The molecule has 0 amide bonds. The summed E-state index contributed by atoms with van der Waals surface area (Å²) in [4.78, 5) is 23.6. The third-order valence-electron chi connectivity index (χ3n) is 2.41. The monoisotopic (exact) mass is 642 g/mol. The average molecular weight is 642 g/mol. The predicted molar refractivity (Wildman–Crippen MR) is 107 cm³/mol. The second-order valence-electron chi connectivity index (χ2n) is 4.20. The van der Waals surface area contributed by atoms with Crippen molar-refractivity contribution in [2.24, 2.45) is 0 Å². The normalized spacial score (nSPS) is 11.7. The molecule has 8 heteroatoms. The Morgan fingerprint density at radius 2 is 1.91 bits per heavy atom. The van der Waals surface area contributed by atoms with Crippen molar-refractivity contribution in [2.45, 2.75) is 13.2 Å². The molecule has 1 unspecified atom stereocenters. The standard InChI is InChI=1S/C14H13I3O5/c1-7(2)13(18)22-11(20-3)6-21-14(19)9-4-8(15)5-10(16)12(9)17/h4-5,11H,1,6H2,2-3H3. The predicted octanol–water partition coefficient (Wildman–Crippen LogP) is 3.75. The van der Waals surface area contributed by atoms with E-state index in [2.05, 4.69) is 74.4 Å². The van der Waals surface area contributed by atoms with E-state index in [1.165, 1.54) is 14.0 Å². The summed E-state index contributed by atoms with van der Waals surface area (Å²) in [6.07, 6.45) is -0.965. The maximum absolute atomic E-state index is 12.2. The van der Waals surface area contributed by atoms with Crippen molar-refractivity contribution >= 4 is 79.7 Å². The minimum Gasteiger partial charge on any atom is -0.455 e. The molecule has 0 N–H and O–H groups in total. The van der Waals surface area contributed by atoms with E-state index < -0.39 is 18.2 Å². The molecule has 0 aliphatic rings. The van der Waals surface area contributed by atoms with Gasteiger partial charge in [0.15, 0.2) is 6.61 Å². The summed E-state index contributed by atoms with van der Waals surface area (Å²) in [6.45, 7) is 4.81. The SMILES string of the molecule is C=C(C)C(=O)OC(COC(=O)c1cc(I)cc(I)c1I)OC. The second-order valence-corrected chi connectivity index (χ2v) is 7.69. The van der Waals surface area contributed by atoms with Gasteiger partial charge in [0.2, 0.25) is 6.29 Å². The van der Waals surface area contributed by atoms with E-state index in [1.54, 1.807) is 6.07 Å². The van der Waals surface area contributed by atoms with Crippen LogP contribution in [0.1, 0.15) is 17.3 Å². The van der Waals surface area contributed by atoms with E-state index >= 15 is 0 Å². The molecule has 1 aromatic carbocycles. The first-order chi connectivity index (χ1) is 10.3. The lowest BCUT2D eigenvalue weighted by atomic mass is 10.2. The van der Waals surface area contributed by atoms with Crippen LogP contribution < -0.4 is 0 Å². The molecule has 5 nitrogen and oxygen atoms in total. The Balaban J connectivity index is 2.73. The Kier molecular flexibility index (Phi) is 8.56. The molecule has 22 heavy (non-hydrogen) atoms. The molecule has 1 atom stereocenters. The van der Waals surface area contributed by atoms with Gasteiger partial charge in [-0.2, -0.15) is 0 Å². The van der Waals surface area contributed by atoms with Crippen LogP contribution in [0.5, 0.6) is 0 Å². The summed E-state index contributed by atoms with van der Waals surface area (Å²) >= 11 is 6.38. The van der Waals surface area contributed by atoms with Gasteiger partial charge in [-0.15, -0.1) is 0 Å². The van der Waals surface area contributed by atoms with Crippen LogP contribution in [0.4, 0.5) is 0 Å². The fourth-order valence-electron chi connectivity index (χ4n) is 1.30. The largest absolute Gasteiger partial charge is 0.455 e. The van der Waals surface area contributed by atoms with Crippen molar-refractivity contribution < 1.29 is 23.8 Å². The minimum atomic E-state index is -0.965. The van der Waals surface area contributed by atoms with Crippen LogP contribution in [-0.4, -0.2) is 31.9 Å². The van der Waals surface area contributed by atoms with Gasteiger partial charge >= 0.3 is 11.9 Å². The highest BCUT2D eigenvalue weighted by atomic mass is 127. The number of rotatable bonds is 6. The molecule has 0 bridgehead atoms. The molecule has 0 fully saturated rings. The molecule has 1 rings (SSSR count). The van der Waals surface area contributed by atoms with Gasteiger partial charge in [0, 0.05) is 23.4 Å². The number of methoxy groups -OCH3 is 1. The van der Waals surface area contributed by atoms with Gasteiger partial charge in [-0.05, 0) is 86.8 Å². The first kappa shape index (κ1) is 20.1. The van der Waals surface area contributed by atoms with Crippen molar-refractivity contribution in [1.29, 1.82) is 0 Å². The topological polar surface area (TPSA) is 61.8 Å². The van der Waals surface area contributed by atoms with Gasteiger partial charge in [0.25, 0.3) is 0 Å². The molecule has 0 radical (unpaired) electrons. The van der Waals surface area contributed by atoms with Gasteiger partial charge in [-0.1, -0.05) is 6.58 Å². The van der Waals surface area contributed by atoms with Crippen molar-refractivity contribution in [1.82, 2.24) is 0 Å². The minimum absolute atomic E-state index is 0.188. The quantitative estimate of drug-likeness (QED) is 0.156. The van der Waals surface area contributed by atoms with Crippen molar-refractivity contribution in [3.8, 4) is 0 Å². The molecule has 0 saturated carbocycles. The van der Waals surface area contributed by atoms with Crippen molar-refractivity contribution in [3.05, 3.63) is 40.6 Å². The third kappa shape index (κ3) is 5.92. The van der Waals surface area contributed by atoms with E-state index in [0.29, 0.717) is 5.56 Å². The van der Waals surface area contributed by atoms with Crippen LogP contribution in [0.2, 0.25) is 0 Å². The number of esters is 2. The molecule has 1 aromatic rings. The molecular weight excluding hydrogens is 629 g/mol. The smallest absolute Gasteiger partial charge is 0.339 e. The van der Waals surface area contributed by atoms with E-state index in [4.69, 9.17) is 14.2 Å². The Labute approximate surface area is 169 Å². The zero-order valence-electron chi connectivity index (χ0n) is 11.8. The summed E-state index contributed by atoms with van der Waals surface area (Å²) in [5.74, 6) is -1.09. The maximum Gasteiger partial charge on any atom is 0.339 e. The van der Waals surface area contributed by atoms with Gasteiger partial charge in [-0.3, -0.25) is 0 Å². The number of halogens is 3. The Morgan fingerprint density at radius 1 is 1.27 bits per heavy atom. The van der Waals surface area contributed by atoms with E-state index in [9.17, 15) is 9.59 Å². The number of carbonyl (C=O) groups excluding carboxylic acids is 2. The summed E-state index contributed by atoms with van der Waals surface area (Å²) in [6, 6.07) is 3.71. The Hall–Kier alpha value is 0.0500. The van der Waals surface area contributed by atoms with Crippen LogP contribution in [0, 0.1) is 10.7 Å². The van der Waals surface area contributed by atoms with Crippen LogP contribution in [0.3, 0.4) is 0 Å². The molecule has 120 valence electrons. The highest BCUT2D eigenvalue weighted by Gasteiger charge is 2.19. The highest BCUT2D eigenvalue weighted by molar-refractivity contribution is 14.1. The lowest BCUT2D eigenvalue weighted by Gasteiger charge is -2.16. The lowest BCUT2D eigenvalue weighted by molar-refractivity contribution is -0.176. The zero-order valence-corrected chi connectivity index (χ0v) is 18.3. The van der Waals surface area contributed by atoms with E-state index in [1.807, 2.05) is 6.07 Å². The van der Waals surface area contributed by atoms with Gasteiger partial charge in [0.1, 0.15) is 0 Å². The molecule has 0 aliphatic heterocycles. The van der Waals surface area contributed by atoms with E-state index in [0.717, 1.165) is 10.7 Å². The van der Waals surface area contributed by atoms with Crippen LogP contribution in [0.25, 0.3) is 0 Å². The van der Waals surface area contributed by atoms with Gasteiger partial charge < -0.3 is 14.2 Å². The second kappa shape index (κ2) is 9.37. The summed E-state index contributed by atoms with van der Waals surface area (Å²) < 4.78 is 17.8. The van der Waals surface area contributed by atoms with Crippen molar-refractivity contribution in [3.63, 3.8) is 0 Å². The number of ether oxygens (including phenoxy) is 3. The molecule has 0 spiro atoms. The molecule has 0 aliphatic carbocycles. The summed E-state index contributed by atoms with van der Waals surface area (Å²) in [5.41, 5.74) is 0.716. The first-order valence-electron chi connectivity index (χ1n) is 5.97. The average Bonchev–Trinajstić information content (AvgIpc) is 2.46. The van der Waals surface area contributed by atoms with Crippen LogP contribution >= 0.6 is 67.8 Å². The van der Waals surface area contributed by atoms with Gasteiger partial charge in [-0.25, -0.2) is 9.59 Å². The first-order valence-corrected chi connectivity index (χ1v) is 9.20. The van der Waals surface area contributed by atoms with E-state index in [-0.39, 0.29) is 12.2 Å². The third-order valence-corrected chi connectivity index (χ3v) is 6.08. The number of carbonyl (C=O) groups is 2. The Morgan fingerprint density at radius 3 is 2.45 bits per heavy atom. The summed E-state index contributed by atoms with van der Waals surface area (Å²) in [7, 11) is 1.36. The molecular formula is C14H13I3O5. The van der Waals surface area contributed by atoms with Gasteiger partial charge in [0.05, 0.1) is 5.56 Å². The fourth-order valence-corrected chi connectivity index (χ4v) is 3.67. The van der Waals surface area contributed by atoms with Crippen LogP contribution in [0.15, 0.2) is 24.3 Å². The number of hydrogen-bond acceptors (Lipinski definition) is 5. The number of benzene rings is 1. The molecule has 0 heterocycles.